The Hall–Kier alpha value is -6.50. The summed E-state index contributed by atoms with van der Waals surface area (Å²) in [5, 5.41) is 4.80. The number of rotatable bonds is 0. The second kappa shape index (κ2) is 14.0. The average molecular weight is 725 g/mol. The molecular formula is C40H28N4O6S2. The number of hydrogen-bond donors (Lipinski definition) is 2. The van der Waals surface area contributed by atoms with E-state index in [4.69, 9.17) is 0 Å². The van der Waals surface area contributed by atoms with Crippen molar-refractivity contribution in [1.29, 1.82) is 0 Å². The minimum Gasteiger partial charge on any atom is -0.268 e. The maximum Gasteiger partial charge on any atom is 0.266 e. The number of pyridine rings is 2. The van der Waals surface area contributed by atoms with Crippen LogP contribution in [0.3, 0.4) is 0 Å². The number of aromatic nitrogens is 2. The zero-order valence-corrected chi connectivity index (χ0v) is 28.8. The van der Waals surface area contributed by atoms with Gasteiger partial charge in [-0.15, -0.1) is 0 Å². The van der Waals surface area contributed by atoms with Gasteiger partial charge in [-0.25, -0.2) is 36.2 Å². The summed E-state index contributed by atoms with van der Waals surface area (Å²) in [4.78, 5) is 31.3. The maximum atomic E-state index is 11.1. The van der Waals surface area contributed by atoms with Crippen LogP contribution in [-0.4, -0.2) is 38.6 Å². The number of sulfonamides is 2. The highest BCUT2D eigenvalue weighted by atomic mass is 32.2. The van der Waals surface area contributed by atoms with E-state index >= 15 is 0 Å². The van der Waals surface area contributed by atoms with Crippen LogP contribution in [0.25, 0.3) is 43.6 Å². The molecule has 0 atom stereocenters. The molecule has 4 heterocycles. The molecule has 0 unspecified atom stereocenters. The number of nitrogens with one attached hydrogen (secondary N) is 2. The molecule has 6 aromatic carbocycles. The molecule has 256 valence electrons. The van der Waals surface area contributed by atoms with Gasteiger partial charge in [0.25, 0.3) is 31.9 Å². The lowest BCUT2D eigenvalue weighted by Crippen LogP contribution is -2.20. The van der Waals surface area contributed by atoms with Gasteiger partial charge in [-0.05, 0) is 60.7 Å². The summed E-state index contributed by atoms with van der Waals surface area (Å²) in [7, 11) is -7.11. The monoisotopic (exact) mass is 724 g/mol. The highest BCUT2D eigenvalue weighted by molar-refractivity contribution is 7.91. The third-order valence-corrected chi connectivity index (χ3v) is 10.9. The second-order valence-electron chi connectivity index (χ2n) is 11.6. The first-order valence-corrected chi connectivity index (χ1v) is 18.9. The summed E-state index contributed by atoms with van der Waals surface area (Å²) >= 11 is 0. The van der Waals surface area contributed by atoms with E-state index < -0.39 is 31.9 Å². The van der Waals surface area contributed by atoms with Crippen LogP contribution in [0, 0.1) is 0 Å². The van der Waals surface area contributed by atoms with Crippen molar-refractivity contribution in [2.24, 2.45) is 0 Å². The molecule has 0 saturated heterocycles. The number of hydrogen-bond acceptors (Lipinski definition) is 8. The van der Waals surface area contributed by atoms with Crippen LogP contribution in [0.2, 0.25) is 0 Å². The van der Waals surface area contributed by atoms with Crippen molar-refractivity contribution in [2.75, 3.05) is 0 Å². The van der Waals surface area contributed by atoms with Crippen LogP contribution in [-0.2, 0) is 20.0 Å². The van der Waals surface area contributed by atoms with Crippen LogP contribution in [0.1, 0.15) is 20.7 Å². The molecule has 10 nitrogen and oxygen atoms in total. The minimum atomic E-state index is -3.55. The number of nitrogens with zero attached hydrogens (tertiary/aromatic N) is 2. The van der Waals surface area contributed by atoms with E-state index in [-0.39, 0.29) is 20.9 Å². The first-order chi connectivity index (χ1) is 25.1. The van der Waals surface area contributed by atoms with Gasteiger partial charge >= 0.3 is 0 Å². The lowest BCUT2D eigenvalue weighted by molar-refractivity contribution is 0.0976. The topological polar surface area (TPSA) is 152 Å². The molecule has 0 bridgehead atoms. The third-order valence-electron chi connectivity index (χ3n) is 8.15. The van der Waals surface area contributed by atoms with Gasteiger partial charge in [0.15, 0.2) is 0 Å². The van der Waals surface area contributed by atoms with Gasteiger partial charge < -0.3 is 0 Å². The van der Waals surface area contributed by atoms with E-state index in [9.17, 15) is 26.4 Å². The number of para-hydroxylation sites is 4. The third kappa shape index (κ3) is 7.06. The smallest absolute Gasteiger partial charge is 0.266 e. The number of carbonyl (C=O) groups is 2. The zero-order valence-electron chi connectivity index (χ0n) is 27.2. The van der Waals surface area contributed by atoms with Crippen LogP contribution in [0.5, 0.6) is 0 Å². The Labute approximate surface area is 298 Å². The van der Waals surface area contributed by atoms with E-state index in [0.29, 0.717) is 0 Å². The van der Waals surface area contributed by atoms with Crippen molar-refractivity contribution in [2.45, 2.75) is 9.79 Å². The first-order valence-electron chi connectivity index (χ1n) is 15.9. The van der Waals surface area contributed by atoms with Crippen molar-refractivity contribution in [3.8, 4) is 0 Å². The van der Waals surface area contributed by atoms with Crippen LogP contribution in [0.15, 0.2) is 168 Å². The van der Waals surface area contributed by atoms with Gasteiger partial charge in [0.1, 0.15) is 9.79 Å². The quantitative estimate of drug-likeness (QED) is 0.159. The standard InChI is InChI=1S/2C13H9N.2C7H5NO3S/c2*1-3-7-12-10(5-1)9-11-6-2-4-8-13(11)14-12;2*9-7-5-3-1-2-4-6(5)12(10,11)8-7/h2*1-9H;2*1-4H,(H,8,9). The van der Waals surface area contributed by atoms with E-state index in [1.807, 2.05) is 82.2 Å². The fourth-order valence-corrected chi connectivity index (χ4v) is 8.03. The molecule has 0 fully saturated rings. The molecule has 10 rings (SSSR count). The molecular weight excluding hydrogens is 697 g/mol. The molecule has 2 aliphatic heterocycles. The van der Waals surface area contributed by atoms with Gasteiger partial charge in [-0.1, -0.05) is 97.1 Å². The minimum absolute atomic E-state index is 0.0648. The SMILES string of the molecule is O=C1NS(=O)(=O)c2ccccc21.O=C1NS(=O)(=O)c2ccccc21.c1ccc2nc3ccccc3cc2c1.c1ccc2nc3ccccc3cc2c1. The molecule has 0 saturated carbocycles. The molecule has 0 radical (unpaired) electrons. The molecule has 0 aliphatic carbocycles. The summed E-state index contributed by atoms with van der Waals surface area (Å²) in [6.07, 6.45) is 0. The molecule has 12 heteroatoms. The maximum absolute atomic E-state index is 11.1. The van der Waals surface area contributed by atoms with Crippen LogP contribution in [0.4, 0.5) is 0 Å². The van der Waals surface area contributed by atoms with E-state index in [0.717, 1.165) is 22.1 Å². The molecule has 2 aliphatic rings. The molecule has 2 N–H and O–H groups in total. The number of carbonyl (C=O) groups excluding carboxylic acids is 2. The summed E-state index contributed by atoms with van der Waals surface area (Å²) < 4.78 is 48.3. The van der Waals surface area contributed by atoms with Gasteiger partial charge in [0.05, 0.1) is 33.2 Å². The lowest BCUT2D eigenvalue weighted by atomic mass is 10.1. The zero-order chi connectivity index (χ0) is 36.3. The second-order valence-corrected chi connectivity index (χ2v) is 14.9. The fraction of sp³-hybridized carbons (Fsp3) is 0. The number of benzene rings is 6. The molecule has 2 amide bonds. The lowest BCUT2D eigenvalue weighted by Gasteiger charge is -1.99. The normalized spacial score (nSPS) is 14.4. The molecule has 2 aromatic heterocycles. The Balaban J connectivity index is 0.000000108. The Morgan fingerprint density at radius 3 is 0.942 bits per heavy atom. The average Bonchev–Trinajstić information content (AvgIpc) is 3.55. The van der Waals surface area contributed by atoms with Crippen LogP contribution < -0.4 is 9.44 Å². The van der Waals surface area contributed by atoms with Gasteiger partial charge in [-0.3, -0.25) is 9.59 Å². The van der Waals surface area contributed by atoms with Gasteiger partial charge in [0.2, 0.25) is 0 Å². The van der Waals surface area contributed by atoms with Crippen molar-refractivity contribution in [3.05, 3.63) is 169 Å². The predicted molar refractivity (Wildman–Crippen MR) is 201 cm³/mol. The van der Waals surface area contributed by atoms with E-state index in [1.165, 1.54) is 45.8 Å². The van der Waals surface area contributed by atoms with Gasteiger partial charge in [0, 0.05) is 21.5 Å². The Kier molecular flexibility index (Phi) is 9.16. The molecule has 52 heavy (non-hydrogen) atoms. The number of amides is 2. The Bertz CT molecular complexity index is 2490. The Morgan fingerprint density at radius 2 is 0.635 bits per heavy atom. The molecule has 8 aromatic rings. The predicted octanol–water partition coefficient (Wildman–Crippen LogP) is 7.01. The van der Waals surface area contributed by atoms with E-state index in [1.54, 1.807) is 24.3 Å². The molecule has 0 spiro atoms. The summed E-state index contributed by atoms with van der Waals surface area (Å²) in [5.41, 5.74) is 4.69. The fourth-order valence-electron chi connectivity index (χ4n) is 5.68. The summed E-state index contributed by atoms with van der Waals surface area (Å²) in [5.74, 6) is -1.10. The summed E-state index contributed by atoms with van der Waals surface area (Å²) in [6.45, 7) is 0. The van der Waals surface area contributed by atoms with Gasteiger partial charge in [-0.2, -0.15) is 0 Å². The largest absolute Gasteiger partial charge is 0.268 e. The van der Waals surface area contributed by atoms with Crippen molar-refractivity contribution >= 4 is 75.5 Å². The van der Waals surface area contributed by atoms with E-state index in [2.05, 4.69) is 46.4 Å². The van der Waals surface area contributed by atoms with Crippen molar-refractivity contribution < 1.29 is 26.4 Å². The van der Waals surface area contributed by atoms with Crippen molar-refractivity contribution in [3.63, 3.8) is 0 Å². The highest BCUT2D eigenvalue weighted by Crippen LogP contribution is 2.23. The van der Waals surface area contributed by atoms with Crippen LogP contribution >= 0.6 is 0 Å². The number of fused-ring (bicyclic) bond motifs is 6. The first kappa shape index (κ1) is 34.0. The Morgan fingerprint density at radius 1 is 0.365 bits per heavy atom. The highest BCUT2D eigenvalue weighted by Gasteiger charge is 2.32. The summed E-state index contributed by atoms with van der Waals surface area (Å²) in [6, 6.07) is 49.3. The van der Waals surface area contributed by atoms with Crippen molar-refractivity contribution in [1.82, 2.24) is 19.4 Å².